The number of nitrogens with one attached hydrogen (secondary N) is 1. The van der Waals surface area contributed by atoms with Gasteiger partial charge in [0, 0.05) is 25.2 Å². The van der Waals surface area contributed by atoms with E-state index in [4.69, 9.17) is 0 Å². The van der Waals surface area contributed by atoms with Crippen molar-refractivity contribution in [2.45, 2.75) is 11.3 Å². The van der Waals surface area contributed by atoms with Crippen LogP contribution in [0.5, 0.6) is 0 Å². The average molecular weight is 299 g/mol. The third-order valence-corrected chi connectivity index (χ3v) is 5.27. The van der Waals surface area contributed by atoms with Crippen LogP contribution in [-0.2, 0) is 10.0 Å². The Hall–Kier alpha value is -1.51. The number of hydrogen-bond donors (Lipinski definition) is 1. The summed E-state index contributed by atoms with van der Waals surface area (Å²) < 4.78 is 26.3. The van der Waals surface area contributed by atoms with Crippen molar-refractivity contribution >= 4 is 15.7 Å². The molecule has 110 valence electrons. The number of nitrogens with zero attached hydrogens (tertiary/aromatic N) is 2. The lowest BCUT2D eigenvalue weighted by Crippen LogP contribution is -2.30. The van der Waals surface area contributed by atoms with Crippen LogP contribution in [0.1, 0.15) is 6.42 Å². The van der Waals surface area contributed by atoms with Crippen molar-refractivity contribution in [3.8, 4) is 0 Å². The van der Waals surface area contributed by atoms with Crippen LogP contribution in [0.2, 0.25) is 0 Å². The molecule has 0 bridgehead atoms. The van der Waals surface area contributed by atoms with Crippen molar-refractivity contribution in [2.75, 3.05) is 26.7 Å². The minimum atomic E-state index is -3.64. The van der Waals surface area contributed by atoms with Gasteiger partial charge in [-0.3, -0.25) is 10.1 Å². The maximum Gasteiger partial charge on any atom is 0.270 e. The van der Waals surface area contributed by atoms with E-state index >= 15 is 0 Å². The highest BCUT2D eigenvalue weighted by atomic mass is 32.2. The number of hydrogen-bond acceptors (Lipinski definition) is 5. The molecule has 20 heavy (non-hydrogen) atoms. The Balaban J connectivity index is 2.23. The lowest BCUT2D eigenvalue weighted by Gasteiger charge is -2.16. The quantitative estimate of drug-likeness (QED) is 0.642. The second kappa shape index (κ2) is 5.86. The summed E-state index contributed by atoms with van der Waals surface area (Å²) in [5.41, 5.74) is -0.211. The zero-order valence-electron chi connectivity index (χ0n) is 11.2. The summed E-state index contributed by atoms with van der Waals surface area (Å²) >= 11 is 0. The molecule has 0 aliphatic carbocycles. The Morgan fingerprint density at radius 2 is 2.25 bits per heavy atom. The van der Waals surface area contributed by atoms with Crippen molar-refractivity contribution in [1.82, 2.24) is 9.62 Å². The van der Waals surface area contributed by atoms with Crippen LogP contribution < -0.4 is 5.32 Å². The molecule has 8 heteroatoms. The van der Waals surface area contributed by atoms with Gasteiger partial charge in [0.2, 0.25) is 10.0 Å². The topological polar surface area (TPSA) is 92.6 Å². The van der Waals surface area contributed by atoms with E-state index in [-0.39, 0.29) is 16.5 Å². The van der Waals surface area contributed by atoms with Gasteiger partial charge in [-0.05, 0) is 32.0 Å². The zero-order valence-corrected chi connectivity index (χ0v) is 12.0. The summed E-state index contributed by atoms with van der Waals surface area (Å²) in [7, 11) is -1.81. The number of sulfonamides is 1. The molecule has 0 saturated carbocycles. The molecule has 1 aromatic rings. The van der Waals surface area contributed by atoms with Gasteiger partial charge in [0.25, 0.3) is 5.69 Å². The van der Waals surface area contributed by atoms with Crippen molar-refractivity contribution in [2.24, 2.45) is 5.92 Å². The molecule has 1 N–H and O–H groups in total. The molecule has 1 heterocycles. The summed E-state index contributed by atoms with van der Waals surface area (Å²) in [5.74, 6) is 0.286. The van der Waals surface area contributed by atoms with E-state index in [1.54, 1.807) is 0 Å². The van der Waals surface area contributed by atoms with Gasteiger partial charge in [-0.15, -0.1) is 0 Å². The van der Waals surface area contributed by atoms with E-state index in [2.05, 4.69) is 5.32 Å². The van der Waals surface area contributed by atoms with Gasteiger partial charge in [0.15, 0.2) is 0 Å². The Bertz CT molecular complexity index is 602. The first kappa shape index (κ1) is 14.9. The van der Waals surface area contributed by atoms with E-state index in [9.17, 15) is 18.5 Å². The SMILES string of the molecule is CNCC1CCN(S(=O)(=O)c2cccc([N+](=O)[O-])c2)C1. The standard InChI is InChI=1S/C12H17N3O4S/c1-13-8-10-5-6-14(9-10)20(18,19)12-4-2-3-11(7-12)15(16)17/h2-4,7,10,13H,5-6,8-9H2,1H3. The fraction of sp³-hybridized carbons (Fsp3) is 0.500. The van der Waals surface area contributed by atoms with Gasteiger partial charge >= 0.3 is 0 Å². The summed E-state index contributed by atoms with van der Waals surface area (Å²) in [6, 6.07) is 5.19. The first-order valence-electron chi connectivity index (χ1n) is 6.34. The molecule has 0 radical (unpaired) electrons. The van der Waals surface area contributed by atoms with Gasteiger partial charge in [0.1, 0.15) is 0 Å². The van der Waals surface area contributed by atoms with Crippen LogP contribution in [0.4, 0.5) is 5.69 Å². The second-order valence-corrected chi connectivity index (χ2v) is 6.77. The van der Waals surface area contributed by atoms with Crippen LogP contribution >= 0.6 is 0 Å². The Morgan fingerprint density at radius 3 is 2.90 bits per heavy atom. The first-order valence-corrected chi connectivity index (χ1v) is 7.78. The van der Waals surface area contributed by atoms with Crippen molar-refractivity contribution in [3.63, 3.8) is 0 Å². The summed E-state index contributed by atoms with van der Waals surface area (Å²) in [6.45, 7) is 1.67. The molecule has 7 nitrogen and oxygen atoms in total. The number of nitro groups is 1. The van der Waals surface area contributed by atoms with Crippen LogP contribution in [0.15, 0.2) is 29.2 Å². The van der Waals surface area contributed by atoms with E-state index in [1.165, 1.54) is 22.5 Å². The number of benzene rings is 1. The largest absolute Gasteiger partial charge is 0.319 e. The Labute approximate surface area is 117 Å². The summed E-state index contributed by atoms with van der Waals surface area (Å²) in [6.07, 6.45) is 0.801. The fourth-order valence-corrected chi connectivity index (χ4v) is 3.95. The molecule has 1 unspecified atom stereocenters. The van der Waals surface area contributed by atoms with Crippen LogP contribution in [0, 0.1) is 16.0 Å². The zero-order chi connectivity index (χ0) is 14.8. The van der Waals surface area contributed by atoms with Crippen molar-refractivity contribution in [1.29, 1.82) is 0 Å². The van der Waals surface area contributed by atoms with E-state index in [0.717, 1.165) is 19.0 Å². The Kier molecular flexibility index (Phi) is 4.36. The molecular formula is C12H17N3O4S. The van der Waals surface area contributed by atoms with Gasteiger partial charge in [-0.2, -0.15) is 4.31 Å². The highest BCUT2D eigenvalue weighted by molar-refractivity contribution is 7.89. The predicted octanol–water partition coefficient (Wildman–Crippen LogP) is 0.825. The van der Waals surface area contributed by atoms with Gasteiger partial charge in [-0.1, -0.05) is 6.07 Å². The molecule has 2 rings (SSSR count). The minimum absolute atomic E-state index is 0.0168. The van der Waals surface area contributed by atoms with Crippen molar-refractivity contribution < 1.29 is 13.3 Å². The first-order chi connectivity index (χ1) is 9.45. The third kappa shape index (κ3) is 2.97. The molecule has 0 amide bonds. The van der Waals surface area contributed by atoms with Gasteiger partial charge in [-0.25, -0.2) is 8.42 Å². The molecule has 1 fully saturated rings. The lowest BCUT2D eigenvalue weighted by atomic mass is 10.1. The fourth-order valence-electron chi connectivity index (χ4n) is 2.38. The Morgan fingerprint density at radius 1 is 1.50 bits per heavy atom. The minimum Gasteiger partial charge on any atom is -0.319 e. The summed E-state index contributed by atoms with van der Waals surface area (Å²) in [4.78, 5) is 10.1. The second-order valence-electron chi connectivity index (χ2n) is 4.83. The van der Waals surface area contributed by atoms with Crippen molar-refractivity contribution in [3.05, 3.63) is 34.4 Å². The smallest absolute Gasteiger partial charge is 0.270 e. The van der Waals surface area contributed by atoms with Crippen LogP contribution in [0.25, 0.3) is 0 Å². The molecule has 1 aliphatic rings. The summed E-state index contributed by atoms with van der Waals surface area (Å²) in [5, 5.41) is 13.8. The van der Waals surface area contributed by atoms with E-state index < -0.39 is 14.9 Å². The molecule has 0 spiro atoms. The van der Waals surface area contributed by atoms with Gasteiger partial charge in [0.05, 0.1) is 9.82 Å². The number of non-ortho nitro benzene ring substituents is 1. The molecule has 1 saturated heterocycles. The number of rotatable bonds is 5. The molecule has 1 atom stereocenters. The molecule has 0 aromatic heterocycles. The number of nitro benzene ring substituents is 1. The third-order valence-electron chi connectivity index (χ3n) is 3.41. The average Bonchev–Trinajstić information content (AvgIpc) is 2.88. The van der Waals surface area contributed by atoms with E-state index in [1.807, 2.05) is 7.05 Å². The van der Waals surface area contributed by atoms with Crippen LogP contribution in [0.3, 0.4) is 0 Å². The highest BCUT2D eigenvalue weighted by Gasteiger charge is 2.32. The maximum absolute atomic E-state index is 12.4. The maximum atomic E-state index is 12.4. The van der Waals surface area contributed by atoms with E-state index in [0.29, 0.717) is 13.1 Å². The lowest BCUT2D eigenvalue weighted by molar-refractivity contribution is -0.385. The highest BCUT2D eigenvalue weighted by Crippen LogP contribution is 2.26. The molecule has 1 aliphatic heterocycles. The monoisotopic (exact) mass is 299 g/mol. The van der Waals surface area contributed by atoms with Gasteiger partial charge < -0.3 is 5.32 Å². The molecular weight excluding hydrogens is 282 g/mol. The molecule has 1 aromatic carbocycles. The van der Waals surface area contributed by atoms with Crippen LogP contribution in [-0.4, -0.2) is 44.3 Å². The normalized spacial score (nSPS) is 20.1. The predicted molar refractivity (Wildman–Crippen MR) is 73.9 cm³/mol.